The van der Waals surface area contributed by atoms with E-state index in [1.807, 2.05) is 0 Å². The summed E-state index contributed by atoms with van der Waals surface area (Å²) in [6.07, 6.45) is 19.0. The van der Waals surface area contributed by atoms with Crippen molar-refractivity contribution in [2.75, 3.05) is 59.3 Å². The number of nitrogens with one attached hydrogen (secondary N) is 5. The fourth-order valence-electron chi connectivity index (χ4n) is 13.5. The second kappa shape index (κ2) is 35.1. The maximum Gasteiger partial charge on any atom is 0.407 e. The summed E-state index contributed by atoms with van der Waals surface area (Å²) in [5.74, 6) is 1.88. The van der Waals surface area contributed by atoms with Crippen LogP contribution in [-0.4, -0.2) is 137 Å². The molecule has 0 heterocycles. The van der Waals surface area contributed by atoms with Crippen LogP contribution in [0.3, 0.4) is 0 Å². The summed E-state index contributed by atoms with van der Waals surface area (Å²) in [5, 5.41) is 13.5. The number of amides is 5. The fraction of sp³-hybridized carbons (Fsp3) is 0.807. The molecule has 25 heteroatoms. The van der Waals surface area contributed by atoms with Crippen LogP contribution in [0.1, 0.15) is 163 Å². The second-order valence-corrected chi connectivity index (χ2v) is 24.1. The van der Waals surface area contributed by atoms with Gasteiger partial charge in [-0.3, -0.25) is 29.2 Å². The van der Waals surface area contributed by atoms with Gasteiger partial charge in [0, 0.05) is 32.6 Å². The van der Waals surface area contributed by atoms with E-state index in [2.05, 4.69) is 87.2 Å². The van der Waals surface area contributed by atoms with E-state index < -0.39 is 48.5 Å². The molecule has 4 rings (SSSR count). The van der Waals surface area contributed by atoms with Crippen LogP contribution in [-0.2, 0) is 33.4 Å². The number of ether oxygens (including phenoxy) is 3. The zero-order valence-corrected chi connectivity index (χ0v) is 50.0. The zero-order chi connectivity index (χ0) is 60.2. The van der Waals surface area contributed by atoms with Crippen molar-refractivity contribution in [1.29, 1.82) is 0 Å². The number of hydrogen-bond acceptors (Lipinski definition) is 12. The summed E-state index contributed by atoms with van der Waals surface area (Å²) < 4.78 is 17.1. The first-order valence-electron chi connectivity index (χ1n) is 30.2. The van der Waals surface area contributed by atoms with Gasteiger partial charge in [0.1, 0.15) is 31.0 Å². The molecule has 21 N–H and O–H groups in total. The van der Waals surface area contributed by atoms with E-state index in [4.69, 9.17) is 60.1 Å². The Hall–Kier alpha value is -6.11. The van der Waals surface area contributed by atoms with E-state index in [1.165, 1.54) is 50.5 Å². The molecule has 11 unspecified atom stereocenters. The number of carbonyl (C=O) groups excluding carboxylic acids is 5. The predicted molar refractivity (Wildman–Crippen MR) is 321 cm³/mol. The molecule has 0 aromatic heterocycles. The molecule has 0 aromatic carbocycles. The minimum atomic E-state index is -1.10. The second-order valence-electron chi connectivity index (χ2n) is 24.1. The van der Waals surface area contributed by atoms with Crippen LogP contribution in [0, 0.1) is 46.3 Å². The van der Waals surface area contributed by atoms with Crippen LogP contribution in [0.4, 0.5) is 4.79 Å². The zero-order valence-electron chi connectivity index (χ0n) is 50.0. The number of unbranched alkanes of at least 4 members (excludes halogenated alkanes) is 3. The minimum Gasteiger partial charge on any atom is -0.446 e. The smallest absolute Gasteiger partial charge is 0.407 e. The molecule has 3 fully saturated rings. The summed E-state index contributed by atoms with van der Waals surface area (Å²) in [5.41, 5.74) is 46.2. The normalized spacial score (nSPS) is 24.0. The fourth-order valence-corrected chi connectivity index (χ4v) is 13.5. The monoisotopic (exact) mass is 1160 g/mol. The Balaban J connectivity index is 1.15. The van der Waals surface area contributed by atoms with E-state index in [0.29, 0.717) is 69.4 Å². The number of nitrogens with zero attached hydrogens (tertiary/aromatic N) is 4. The van der Waals surface area contributed by atoms with Crippen molar-refractivity contribution < 1.29 is 38.2 Å². The van der Waals surface area contributed by atoms with Crippen LogP contribution >= 0.6 is 0 Å². The van der Waals surface area contributed by atoms with Gasteiger partial charge in [0.25, 0.3) is 0 Å². The third-order valence-electron chi connectivity index (χ3n) is 17.6. The average molecular weight is 1160 g/mol. The molecule has 4 aliphatic rings. The highest BCUT2D eigenvalue weighted by atomic mass is 16.6. The molecule has 82 heavy (non-hydrogen) atoms. The number of aliphatic imine (C=N–C) groups is 4. The molecule has 0 radical (unpaired) electrons. The van der Waals surface area contributed by atoms with Crippen LogP contribution in [0.5, 0.6) is 0 Å². The van der Waals surface area contributed by atoms with Crippen molar-refractivity contribution >= 4 is 53.6 Å². The first-order chi connectivity index (χ1) is 39.0. The summed E-state index contributed by atoms with van der Waals surface area (Å²) in [6.45, 7) is 13.6. The lowest BCUT2D eigenvalue weighted by molar-refractivity contribution is -0.131. The standard InChI is InChI=1S/C57H105N17O8/c1-36(2)13-12-14-37(3)41-20-21-42-40-19-18-38-33-39(22-24-56(38,4)43(40)23-25-57(41,42)5)82-55(79)69-29-30-80-31-32-81-35-71-47(75)34-70-49(77)44(72-50(78)46(74-54(64)65)17-8-11-28-68-52(60)61)15-6-9-26-66-48(76)45(73-53(62)63)16-7-10-27-67-51(58)59/h18,36-37,39-46H,6-17,19-35H2,1-5H3,(H,66,76)(H,69,79)(H,70,77)(H,71,75)(H,72,78)(H4,58,59,67)(H4,60,61,68)(H4,62,63,73)(H4,64,65,74). The van der Waals surface area contributed by atoms with Gasteiger partial charge in [-0.25, -0.2) is 14.8 Å². The third-order valence-corrected chi connectivity index (χ3v) is 17.6. The van der Waals surface area contributed by atoms with Crippen LogP contribution in [0.15, 0.2) is 31.6 Å². The molecule has 3 saturated carbocycles. The molecule has 11 atom stereocenters. The van der Waals surface area contributed by atoms with E-state index in [1.54, 1.807) is 0 Å². The molecule has 0 bridgehead atoms. The molecular weight excluding hydrogens is 1050 g/mol. The number of guanidine groups is 4. The van der Waals surface area contributed by atoms with Gasteiger partial charge in [-0.2, -0.15) is 0 Å². The van der Waals surface area contributed by atoms with E-state index in [9.17, 15) is 24.0 Å². The van der Waals surface area contributed by atoms with E-state index >= 15 is 0 Å². The lowest BCUT2D eigenvalue weighted by Gasteiger charge is -2.58. The van der Waals surface area contributed by atoms with Gasteiger partial charge in [0.2, 0.25) is 23.6 Å². The van der Waals surface area contributed by atoms with Crippen molar-refractivity contribution in [1.82, 2.24) is 26.6 Å². The predicted octanol–water partition coefficient (Wildman–Crippen LogP) is 2.29. The summed E-state index contributed by atoms with van der Waals surface area (Å²) in [6, 6.07) is -2.95. The SMILES string of the molecule is CC(C)CCCC(C)C1CCC2C3CC=C4CC(OC(=O)NCCOCCOCNC(=O)CNC(=O)C(CCCCNC(=O)C(CCCCN=C(N)N)N=C(N)N)NC(=O)C(CCCCN=C(N)N)N=C(N)N)CCC4(C)C3CCC12C. The van der Waals surface area contributed by atoms with Crippen LogP contribution < -0.4 is 72.5 Å². The maximum absolute atomic E-state index is 13.5. The third kappa shape index (κ3) is 22.9. The Morgan fingerprint density at radius 1 is 0.622 bits per heavy atom. The number of alkyl carbamates (subject to hydrolysis) is 1. The number of carbonyl (C=O) groups is 5. The molecule has 5 amide bonds. The molecule has 0 aliphatic heterocycles. The number of nitrogens with two attached hydrogens (primary N) is 8. The van der Waals surface area contributed by atoms with Gasteiger partial charge < -0.3 is 86.7 Å². The lowest BCUT2D eigenvalue weighted by atomic mass is 9.47. The minimum absolute atomic E-state index is 0.0223. The number of rotatable bonds is 37. The molecule has 0 saturated heterocycles. The summed E-state index contributed by atoms with van der Waals surface area (Å²) in [7, 11) is 0. The van der Waals surface area contributed by atoms with Crippen molar-refractivity contribution in [2.24, 2.45) is 112 Å². The van der Waals surface area contributed by atoms with Gasteiger partial charge in [0.05, 0.1) is 26.4 Å². The Kier molecular flexibility index (Phi) is 29.3. The summed E-state index contributed by atoms with van der Waals surface area (Å²) in [4.78, 5) is 81.7. The average Bonchev–Trinajstić information content (AvgIpc) is 3.91. The Labute approximate surface area is 487 Å². The van der Waals surface area contributed by atoms with Gasteiger partial charge in [-0.05, 0) is 149 Å². The highest BCUT2D eigenvalue weighted by Gasteiger charge is 2.59. The van der Waals surface area contributed by atoms with Gasteiger partial charge in [-0.15, -0.1) is 0 Å². The molecule has 0 spiro atoms. The quantitative estimate of drug-likeness (QED) is 0.0140. The lowest BCUT2D eigenvalue weighted by Crippen LogP contribution is -2.51. The Morgan fingerprint density at radius 3 is 1.91 bits per heavy atom. The van der Waals surface area contributed by atoms with Crippen LogP contribution in [0.25, 0.3) is 0 Å². The Morgan fingerprint density at radius 2 is 1.27 bits per heavy atom. The van der Waals surface area contributed by atoms with Crippen LogP contribution in [0.2, 0.25) is 0 Å². The summed E-state index contributed by atoms with van der Waals surface area (Å²) >= 11 is 0. The van der Waals surface area contributed by atoms with Gasteiger partial charge >= 0.3 is 6.09 Å². The molecule has 25 nitrogen and oxygen atoms in total. The highest BCUT2D eigenvalue weighted by Crippen LogP contribution is 2.67. The number of fused-ring (bicyclic) bond motifs is 5. The van der Waals surface area contributed by atoms with Crippen molar-refractivity contribution in [3.05, 3.63) is 11.6 Å². The number of allylic oxidation sites excluding steroid dienone is 1. The first kappa shape index (κ1) is 68.4. The molecule has 0 aromatic rings. The van der Waals surface area contributed by atoms with Gasteiger partial charge in [-0.1, -0.05) is 65.5 Å². The maximum atomic E-state index is 13.5. The highest BCUT2D eigenvalue weighted by molar-refractivity contribution is 5.93. The molecule has 4 aliphatic carbocycles. The van der Waals surface area contributed by atoms with E-state index in [0.717, 1.165) is 55.3 Å². The van der Waals surface area contributed by atoms with E-state index in [-0.39, 0.29) is 93.7 Å². The molecular formula is C57H105N17O8. The number of hydrogen-bond donors (Lipinski definition) is 13. The van der Waals surface area contributed by atoms with Crippen molar-refractivity contribution in [3.8, 4) is 0 Å². The first-order valence-corrected chi connectivity index (χ1v) is 30.2. The van der Waals surface area contributed by atoms with Gasteiger partial charge in [0.15, 0.2) is 23.8 Å². The van der Waals surface area contributed by atoms with Crippen molar-refractivity contribution in [3.63, 3.8) is 0 Å². The Bertz CT molecular complexity index is 2180. The molecule has 466 valence electrons. The largest absolute Gasteiger partial charge is 0.446 e. The topological polar surface area (TPSA) is 431 Å². The van der Waals surface area contributed by atoms with Crippen molar-refractivity contribution in [2.45, 2.75) is 187 Å².